The number of ether oxygens (including phenoxy) is 4. The molecule has 16 N–H and O–H groups in total. The highest BCUT2D eigenvalue weighted by Crippen LogP contribution is 2.36. The first kappa shape index (κ1) is 85.8. The molecule has 0 spiro atoms. The normalized spacial score (nSPS) is 12.9. The Morgan fingerprint density at radius 2 is 0.496 bits per heavy atom. The Balaban J connectivity index is 0.757. The number of carboxylic acid groups (broad SMARTS) is 8. The van der Waals surface area contributed by atoms with Crippen molar-refractivity contribution in [1.82, 2.24) is 41.2 Å². The van der Waals surface area contributed by atoms with Crippen LogP contribution in [0.5, 0.6) is 0 Å². The summed E-state index contributed by atoms with van der Waals surface area (Å²) in [5.41, 5.74) is 7.89. The summed E-state index contributed by atoms with van der Waals surface area (Å²) in [7, 11) is 0. The first-order chi connectivity index (χ1) is 58.2. The lowest BCUT2D eigenvalue weighted by Crippen LogP contribution is -2.45. The highest BCUT2D eigenvalue weighted by atomic mass is 16.5. The van der Waals surface area contributed by atoms with Gasteiger partial charge in [-0.1, -0.05) is 121 Å². The molecule has 0 radical (unpaired) electrons. The van der Waals surface area contributed by atoms with Gasteiger partial charge in [-0.3, -0.25) is 19.2 Å². The lowest BCUT2D eigenvalue weighted by atomic mass is 9.92. The van der Waals surface area contributed by atoms with E-state index in [4.69, 9.17) is 18.9 Å². The number of hydrogen-bond donors (Lipinski definition) is 16. The van der Waals surface area contributed by atoms with Crippen LogP contribution < -0.4 is 21.3 Å². The Kier molecular flexibility index (Phi) is 27.7. The highest BCUT2D eigenvalue weighted by Gasteiger charge is 2.35. The second-order valence-corrected chi connectivity index (χ2v) is 29.1. The minimum Gasteiger partial charge on any atom is -0.480 e. The fourth-order valence-electron chi connectivity index (χ4n) is 14.6. The van der Waals surface area contributed by atoms with E-state index in [1.165, 1.54) is 48.5 Å². The number of aromatic carboxylic acids is 4. The number of aromatic nitrogens is 4. The summed E-state index contributed by atoms with van der Waals surface area (Å²) in [6.45, 7) is -3.34. The number of carbonyl (C=O) groups is 12. The van der Waals surface area contributed by atoms with Crippen LogP contribution in [0.15, 0.2) is 195 Å². The third-order valence-corrected chi connectivity index (χ3v) is 20.6. The summed E-state index contributed by atoms with van der Waals surface area (Å²) in [6.07, 6.45) is 3.79. The monoisotopic (exact) mass is 1650 g/mol. The van der Waals surface area contributed by atoms with Gasteiger partial charge >= 0.3 is 47.8 Å². The number of aliphatic carboxylic acids is 4. The van der Waals surface area contributed by atoms with E-state index < -0.39 is 180 Å². The summed E-state index contributed by atoms with van der Waals surface area (Å²) < 4.78 is 24.8. The molecule has 0 aliphatic rings. The van der Waals surface area contributed by atoms with Crippen LogP contribution >= 0.6 is 0 Å². The van der Waals surface area contributed by atoms with Gasteiger partial charge in [-0.15, -0.1) is 0 Å². The molecule has 4 aromatic heterocycles. The zero-order valence-corrected chi connectivity index (χ0v) is 64.7. The largest absolute Gasteiger partial charge is 0.480 e. The fourth-order valence-corrected chi connectivity index (χ4v) is 14.6. The van der Waals surface area contributed by atoms with Crippen molar-refractivity contribution in [2.75, 3.05) is 52.9 Å². The van der Waals surface area contributed by atoms with E-state index in [1.807, 2.05) is 0 Å². The molecule has 0 aliphatic carbocycles. The van der Waals surface area contributed by atoms with E-state index in [-0.39, 0.29) is 47.9 Å². The standard InChI is InChI=1S/C89H84N8O24/c98-73(94-69(85(110)111)37-57-41-90-77-61(17-5-21-65(57)77)49-9-1-13-53(33-49)81(102)103)25-29-118-45-89(46-119-30-26-74(99)95-70(86(112)113)38-58-42-91-78-62(18-6-22-66(58)78)50-10-2-14-54(34-50)82(104)105,47-120-31-27-75(100)96-71(87(114)115)39-59-43-92-79-63(19-7-23-67(59)79)51-11-3-15-55(35-51)83(106)107)48-121-32-28-76(101)97-72(88(116)117)40-60-44-93-80-64(20-8-24-68(60)80)52-12-4-16-56(36-52)84(108)109/h1-24,33-36,41-44,69-72,90-93H,25-32,37-40,45-48H2,(H,94,98)(H,95,99)(H,96,100)(H,97,101)(H,102,103)(H,104,105)(H,106,107)(H,108,109)(H,110,111)(H,112,113)(H,114,115)(H,116,117). The van der Waals surface area contributed by atoms with Crippen LogP contribution in [0.4, 0.5) is 0 Å². The third kappa shape index (κ3) is 21.4. The lowest BCUT2D eigenvalue weighted by molar-refractivity contribution is -0.142. The van der Waals surface area contributed by atoms with E-state index in [1.54, 1.807) is 146 Å². The summed E-state index contributed by atoms with van der Waals surface area (Å²) in [5.74, 6) is -13.1. The van der Waals surface area contributed by atoms with Crippen molar-refractivity contribution in [3.63, 3.8) is 0 Å². The van der Waals surface area contributed by atoms with E-state index in [2.05, 4.69) is 41.2 Å². The third-order valence-electron chi connectivity index (χ3n) is 20.6. The Morgan fingerprint density at radius 1 is 0.289 bits per heavy atom. The quantitative estimate of drug-likeness (QED) is 0.0158. The van der Waals surface area contributed by atoms with E-state index in [9.17, 15) is 98.4 Å². The summed E-state index contributed by atoms with van der Waals surface area (Å²) in [5, 5.41) is 93.3. The Morgan fingerprint density at radius 3 is 0.694 bits per heavy atom. The molecule has 624 valence electrons. The van der Waals surface area contributed by atoms with Crippen molar-refractivity contribution >= 4 is 115 Å². The number of benzene rings is 8. The van der Waals surface area contributed by atoms with Gasteiger partial charge in [0.25, 0.3) is 0 Å². The van der Waals surface area contributed by atoms with E-state index in [0.29, 0.717) is 110 Å². The number of fused-ring (bicyclic) bond motifs is 4. The van der Waals surface area contributed by atoms with Gasteiger partial charge in [0.15, 0.2) is 0 Å². The average Bonchev–Trinajstić information content (AvgIpc) is 1.68. The van der Waals surface area contributed by atoms with Crippen molar-refractivity contribution < 1.29 is 117 Å². The number of para-hydroxylation sites is 4. The van der Waals surface area contributed by atoms with Crippen LogP contribution in [0, 0.1) is 5.41 Å². The number of rotatable bonds is 44. The van der Waals surface area contributed by atoms with Gasteiger partial charge in [-0.25, -0.2) is 38.4 Å². The van der Waals surface area contributed by atoms with Crippen LogP contribution in [0.25, 0.3) is 88.1 Å². The number of carbonyl (C=O) groups excluding carboxylic acids is 4. The van der Waals surface area contributed by atoms with E-state index in [0.717, 1.165) is 0 Å². The number of amides is 4. The van der Waals surface area contributed by atoms with Crippen molar-refractivity contribution in [3.05, 3.63) is 239 Å². The van der Waals surface area contributed by atoms with Gasteiger partial charge in [0.1, 0.15) is 24.2 Å². The minimum absolute atomic E-state index is 0.0512. The number of H-pyrrole nitrogens is 4. The van der Waals surface area contributed by atoms with Crippen molar-refractivity contribution in [3.8, 4) is 44.5 Å². The van der Waals surface area contributed by atoms with Gasteiger partial charge in [0.05, 0.1) is 103 Å². The van der Waals surface area contributed by atoms with Crippen molar-refractivity contribution in [2.24, 2.45) is 5.41 Å². The maximum atomic E-state index is 13.8. The molecule has 8 aromatic carbocycles. The number of nitrogens with one attached hydrogen (secondary N) is 8. The smallest absolute Gasteiger partial charge is 0.335 e. The Bertz CT molecular complexity index is 5220. The summed E-state index contributed by atoms with van der Waals surface area (Å²) >= 11 is 0. The molecule has 0 saturated heterocycles. The molecule has 0 bridgehead atoms. The second kappa shape index (κ2) is 39.1. The topological polar surface area (TPSA) is 515 Å². The molecular weight excluding hydrogens is 1570 g/mol. The Labute approximate surface area is 687 Å². The fraction of sp³-hybridized carbons (Fsp3) is 0.236. The predicted octanol–water partition coefficient (Wildman–Crippen LogP) is 10.2. The van der Waals surface area contributed by atoms with Crippen LogP contribution in [0.3, 0.4) is 0 Å². The lowest BCUT2D eigenvalue weighted by Gasteiger charge is -2.33. The molecule has 12 rings (SSSR count). The highest BCUT2D eigenvalue weighted by molar-refractivity contribution is 6.03. The molecule has 12 aromatic rings. The number of aromatic amines is 4. The minimum atomic E-state index is -1.54. The van der Waals surface area contributed by atoms with Gasteiger partial charge in [-0.05, 0) is 93.0 Å². The molecule has 32 heteroatoms. The zero-order chi connectivity index (χ0) is 86.0. The molecule has 0 aliphatic heterocycles. The first-order valence-corrected chi connectivity index (χ1v) is 38.3. The predicted molar refractivity (Wildman–Crippen MR) is 440 cm³/mol. The van der Waals surface area contributed by atoms with Crippen LogP contribution in [-0.2, 0) is 83.0 Å². The van der Waals surface area contributed by atoms with Crippen LogP contribution in [0.1, 0.15) is 89.4 Å². The average molecular weight is 1650 g/mol. The van der Waals surface area contributed by atoms with Crippen molar-refractivity contribution in [2.45, 2.75) is 75.5 Å². The van der Waals surface area contributed by atoms with Gasteiger partial charge < -0.3 is 101 Å². The number of carboxylic acids is 8. The second-order valence-electron chi connectivity index (χ2n) is 29.1. The zero-order valence-electron chi connectivity index (χ0n) is 64.7. The molecule has 121 heavy (non-hydrogen) atoms. The van der Waals surface area contributed by atoms with Crippen LogP contribution in [-0.4, -0.2) is 209 Å². The molecular formula is C89H84N8O24. The molecule has 0 saturated carbocycles. The van der Waals surface area contributed by atoms with Gasteiger partial charge in [-0.2, -0.15) is 0 Å². The molecule has 4 unspecified atom stereocenters. The first-order valence-electron chi connectivity index (χ1n) is 38.3. The maximum absolute atomic E-state index is 13.8. The molecule has 32 nitrogen and oxygen atoms in total. The SMILES string of the molecule is O=C(CCOCC(COCCC(=O)NC(Cc1c[nH]c2c(-c3cccc(C(=O)O)c3)cccc12)C(=O)O)(COCCC(=O)NC(Cc1c[nH]c2c(-c3cccc(C(=O)O)c3)cccc12)C(=O)O)COCCC(=O)NC(Cc1c[nH]c2c(-c3cccc(C(=O)O)c3)cccc12)C(=O)O)NC(Cc1c[nH]c2c(-c3cccc(C(=O)O)c3)cccc12)C(=O)O. The Hall–Kier alpha value is -14.6. The molecule has 0 fully saturated rings. The summed E-state index contributed by atoms with van der Waals surface area (Å²) in [6, 6.07) is 40.2. The summed E-state index contributed by atoms with van der Waals surface area (Å²) in [4.78, 5) is 167. The van der Waals surface area contributed by atoms with Gasteiger partial charge in [0, 0.05) is 120 Å². The molecule has 4 amide bonds. The van der Waals surface area contributed by atoms with E-state index >= 15 is 0 Å². The molecule has 4 heterocycles. The van der Waals surface area contributed by atoms with Crippen molar-refractivity contribution in [1.29, 1.82) is 0 Å². The van der Waals surface area contributed by atoms with Gasteiger partial charge in [0.2, 0.25) is 23.6 Å². The maximum Gasteiger partial charge on any atom is 0.335 e. The van der Waals surface area contributed by atoms with Crippen LogP contribution in [0.2, 0.25) is 0 Å². The molecule has 4 atom stereocenters. The number of hydrogen-bond acceptors (Lipinski definition) is 16.